The molecule has 1 fully saturated rings. The number of Topliss-reactive ketones (excluding diaryl/α,β-unsaturated/α-hetero) is 1. The monoisotopic (exact) mass is 282 g/mol. The van der Waals surface area contributed by atoms with Gasteiger partial charge in [0, 0.05) is 11.5 Å². The minimum Gasteiger partial charge on any atom is -0.486 e. The van der Waals surface area contributed by atoms with E-state index in [0.717, 1.165) is 0 Å². The first-order valence-electron chi connectivity index (χ1n) is 6.19. The third kappa shape index (κ3) is 2.45. The van der Waals surface area contributed by atoms with Crippen LogP contribution >= 0.6 is 0 Å². The Morgan fingerprint density at radius 3 is 2.58 bits per heavy atom. The summed E-state index contributed by atoms with van der Waals surface area (Å²) < 4.78 is 33.6. The smallest absolute Gasteiger partial charge is 0.167 e. The van der Waals surface area contributed by atoms with Gasteiger partial charge in [0.25, 0.3) is 0 Å². The number of fused-ring (bicyclic) bond motifs is 1. The van der Waals surface area contributed by atoms with Crippen LogP contribution in [0.2, 0.25) is 0 Å². The molecule has 5 nitrogen and oxygen atoms in total. The molecule has 102 valence electrons. The van der Waals surface area contributed by atoms with Crippen LogP contribution in [0.5, 0.6) is 11.5 Å². The zero-order chi connectivity index (χ0) is 13.5. The van der Waals surface area contributed by atoms with Crippen molar-refractivity contribution in [3.05, 3.63) is 23.8 Å². The molecule has 0 aliphatic carbocycles. The van der Waals surface area contributed by atoms with Gasteiger partial charge in [0.15, 0.2) is 27.1 Å². The highest BCUT2D eigenvalue weighted by molar-refractivity contribution is 7.91. The van der Waals surface area contributed by atoms with Crippen molar-refractivity contribution >= 4 is 15.6 Å². The Balaban J connectivity index is 1.84. The summed E-state index contributed by atoms with van der Waals surface area (Å²) in [5.41, 5.74) is 0.492. The van der Waals surface area contributed by atoms with Crippen LogP contribution in [0.1, 0.15) is 16.8 Å². The second-order valence-corrected chi connectivity index (χ2v) is 7.05. The van der Waals surface area contributed by atoms with Crippen molar-refractivity contribution in [3.8, 4) is 11.5 Å². The normalized spacial score (nSPS) is 24.1. The molecule has 2 aliphatic rings. The van der Waals surface area contributed by atoms with Gasteiger partial charge in [-0.15, -0.1) is 0 Å². The lowest BCUT2D eigenvalue weighted by molar-refractivity contribution is 0.0932. The number of ketones is 1. The highest BCUT2D eigenvalue weighted by atomic mass is 32.2. The molecule has 0 bridgehead atoms. The summed E-state index contributed by atoms with van der Waals surface area (Å²) in [6.07, 6.45) is 0.412. The Morgan fingerprint density at radius 1 is 1.16 bits per heavy atom. The zero-order valence-corrected chi connectivity index (χ0v) is 11.1. The Labute approximate surface area is 111 Å². The average molecular weight is 282 g/mol. The topological polar surface area (TPSA) is 69.7 Å². The molecule has 6 heteroatoms. The van der Waals surface area contributed by atoms with Crippen LogP contribution in [-0.4, -0.2) is 38.9 Å². The van der Waals surface area contributed by atoms with E-state index in [-0.39, 0.29) is 17.3 Å². The predicted molar refractivity (Wildman–Crippen MR) is 68.5 cm³/mol. The van der Waals surface area contributed by atoms with Crippen molar-refractivity contribution in [1.29, 1.82) is 0 Å². The Bertz CT molecular complexity index is 620. The molecule has 0 radical (unpaired) electrons. The molecule has 3 rings (SSSR count). The third-order valence-electron chi connectivity index (χ3n) is 3.43. The van der Waals surface area contributed by atoms with Gasteiger partial charge in [-0.25, -0.2) is 8.42 Å². The molecule has 0 amide bonds. The maximum absolute atomic E-state index is 12.3. The molecule has 0 N–H and O–H groups in total. The van der Waals surface area contributed by atoms with Gasteiger partial charge in [-0.05, 0) is 24.6 Å². The van der Waals surface area contributed by atoms with E-state index in [1.807, 2.05) is 0 Å². The number of rotatable bonds is 2. The van der Waals surface area contributed by atoms with Crippen LogP contribution < -0.4 is 9.47 Å². The molecule has 0 saturated carbocycles. The second kappa shape index (κ2) is 4.52. The van der Waals surface area contributed by atoms with Gasteiger partial charge in [-0.2, -0.15) is 0 Å². The van der Waals surface area contributed by atoms with Gasteiger partial charge in [0.2, 0.25) is 0 Å². The fraction of sp³-hybridized carbons (Fsp3) is 0.462. The fourth-order valence-corrected chi connectivity index (χ4v) is 4.18. The molecular formula is C13H14O5S. The van der Waals surface area contributed by atoms with Gasteiger partial charge < -0.3 is 9.47 Å². The maximum Gasteiger partial charge on any atom is 0.167 e. The molecule has 2 heterocycles. The summed E-state index contributed by atoms with van der Waals surface area (Å²) in [5, 5.41) is 0. The number of carbonyl (C=O) groups is 1. The molecule has 0 aromatic heterocycles. The van der Waals surface area contributed by atoms with Gasteiger partial charge in [0.1, 0.15) is 13.2 Å². The Morgan fingerprint density at radius 2 is 1.89 bits per heavy atom. The summed E-state index contributed by atoms with van der Waals surface area (Å²) in [7, 11) is -3.04. The minimum absolute atomic E-state index is 0.0414. The fourth-order valence-electron chi connectivity index (χ4n) is 2.43. The van der Waals surface area contributed by atoms with E-state index < -0.39 is 15.8 Å². The standard InChI is InChI=1S/C13H14O5S/c14-13(10-3-6-19(15,16)8-10)9-1-2-11-12(7-9)18-5-4-17-11/h1-2,7,10H,3-6,8H2. The number of hydrogen-bond donors (Lipinski definition) is 0. The van der Waals surface area contributed by atoms with Crippen LogP contribution in [-0.2, 0) is 9.84 Å². The first kappa shape index (κ1) is 12.5. The molecule has 1 aromatic rings. The molecule has 2 aliphatic heterocycles. The van der Waals surface area contributed by atoms with Crippen LogP contribution in [0, 0.1) is 5.92 Å². The Hall–Kier alpha value is -1.56. The Kier molecular flexibility index (Phi) is 2.97. The lowest BCUT2D eigenvalue weighted by atomic mass is 9.97. The second-order valence-electron chi connectivity index (χ2n) is 4.82. The minimum atomic E-state index is -3.04. The number of carbonyl (C=O) groups excluding carboxylic acids is 1. The highest BCUT2D eigenvalue weighted by Gasteiger charge is 2.33. The van der Waals surface area contributed by atoms with Crippen LogP contribution in [0.3, 0.4) is 0 Å². The van der Waals surface area contributed by atoms with Crippen molar-refractivity contribution < 1.29 is 22.7 Å². The van der Waals surface area contributed by atoms with E-state index in [1.54, 1.807) is 18.2 Å². The summed E-state index contributed by atoms with van der Waals surface area (Å²) in [6, 6.07) is 5.01. The third-order valence-corrected chi connectivity index (χ3v) is 5.20. The number of hydrogen-bond acceptors (Lipinski definition) is 5. The van der Waals surface area contributed by atoms with Gasteiger partial charge in [-0.1, -0.05) is 0 Å². The molecule has 1 saturated heterocycles. The van der Waals surface area contributed by atoms with Crippen LogP contribution in [0.4, 0.5) is 0 Å². The summed E-state index contributed by atoms with van der Waals surface area (Å²) in [6.45, 7) is 0.962. The molecule has 1 atom stereocenters. The molecule has 19 heavy (non-hydrogen) atoms. The lowest BCUT2D eigenvalue weighted by Crippen LogP contribution is -2.18. The number of ether oxygens (including phenoxy) is 2. The largest absolute Gasteiger partial charge is 0.486 e. The van der Waals surface area contributed by atoms with Crippen LogP contribution in [0.15, 0.2) is 18.2 Å². The van der Waals surface area contributed by atoms with Gasteiger partial charge >= 0.3 is 0 Å². The van der Waals surface area contributed by atoms with Gasteiger partial charge in [0.05, 0.1) is 11.5 Å². The quantitative estimate of drug-likeness (QED) is 0.759. The predicted octanol–water partition coefficient (Wildman–Crippen LogP) is 1.08. The van der Waals surface area contributed by atoms with E-state index in [4.69, 9.17) is 9.47 Å². The number of sulfone groups is 1. The van der Waals surface area contributed by atoms with Crippen molar-refractivity contribution in [2.45, 2.75) is 6.42 Å². The summed E-state index contributed by atoms with van der Waals surface area (Å²) in [5.74, 6) is 0.694. The number of benzene rings is 1. The SMILES string of the molecule is O=C(c1ccc2c(c1)OCCO2)C1CCS(=O)(=O)C1. The zero-order valence-electron chi connectivity index (χ0n) is 10.3. The highest BCUT2D eigenvalue weighted by Crippen LogP contribution is 2.32. The lowest BCUT2D eigenvalue weighted by Gasteiger charge is -2.19. The first-order chi connectivity index (χ1) is 9.05. The molecule has 1 unspecified atom stereocenters. The molecule has 1 aromatic carbocycles. The van der Waals surface area contributed by atoms with Crippen molar-refractivity contribution in [2.24, 2.45) is 5.92 Å². The van der Waals surface area contributed by atoms with E-state index in [2.05, 4.69) is 0 Å². The summed E-state index contributed by atoms with van der Waals surface area (Å²) >= 11 is 0. The van der Waals surface area contributed by atoms with Crippen molar-refractivity contribution in [2.75, 3.05) is 24.7 Å². The van der Waals surface area contributed by atoms with Gasteiger partial charge in [-0.3, -0.25) is 4.79 Å². The van der Waals surface area contributed by atoms with Crippen molar-refractivity contribution in [3.63, 3.8) is 0 Å². The van der Waals surface area contributed by atoms with E-state index in [1.165, 1.54) is 0 Å². The molecule has 0 spiro atoms. The maximum atomic E-state index is 12.3. The van der Waals surface area contributed by atoms with Crippen molar-refractivity contribution in [1.82, 2.24) is 0 Å². The van der Waals surface area contributed by atoms with E-state index in [0.29, 0.717) is 36.7 Å². The first-order valence-corrected chi connectivity index (χ1v) is 8.01. The average Bonchev–Trinajstić information content (AvgIpc) is 2.78. The van der Waals surface area contributed by atoms with E-state index >= 15 is 0 Å². The summed E-state index contributed by atoms with van der Waals surface area (Å²) in [4.78, 5) is 12.3. The van der Waals surface area contributed by atoms with Crippen LogP contribution in [0.25, 0.3) is 0 Å². The molecular weight excluding hydrogens is 268 g/mol. The van der Waals surface area contributed by atoms with E-state index in [9.17, 15) is 13.2 Å².